The van der Waals surface area contributed by atoms with Gasteiger partial charge in [0.2, 0.25) is 5.91 Å². The maximum atomic E-state index is 11.9. The highest BCUT2D eigenvalue weighted by atomic mass is 32.2. The quantitative estimate of drug-likeness (QED) is 0.870. The standard InChI is InChI=1S/C15H22N2OS/c1-12(13-7-9-16-10-8-13)19-11-15(18)17-14-5-3-2-4-6-14/h2-6,12-13,16H,7-11H2,1H3,(H,17,18). The van der Waals surface area contributed by atoms with E-state index in [1.807, 2.05) is 30.3 Å². The number of nitrogens with one attached hydrogen (secondary N) is 2. The van der Waals surface area contributed by atoms with Gasteiger partial charge in [-0.05, 0) is 44.0 Å². The summed E-state index contributed by atoms with van der Waals surface area (Å²) in [7, 11) is 0. The first-order chi connectivity index (χ1) is 9.25. The molecule has 1 fully saturated rings. The van der Waals surface area contributed by atoms with Crippen molar-refractivity contribution in [3.63, 3.8) is 0 Å². The van der Waals surface area contributed by atoms with Gasteiger partial charge in [-0.1, -0.05) is 25.1 Å². The lowest BCUT2D eigenvalue weighted by molar-refractivity contribution is -0.113. The first-order valence-corrected chi connectivity index (χ1v) is 7.98. The van der Waals surface area contributed by atoms with Crippen LogP contribution in [0.5, 0.6) is 0 Å². The Balaban J connectivity index is 1.71. The van der Waals surface area contributed by atoms with E-state index in [1.54, 1.807) is 11.8 Å². The van der Waals surface area contributed by atoms with Crippen LogP contribution in [0.2, 0.25) is 0 Å². The Hall–Kier alpha value is -1.00. The van der Waals surface area contributed by atoms with E-state index in [0.717, 1.165) is 24.7 Å². The molecule has 1 aliphatic rings. The summed E-state index contributed by atoms with van der Waals surface area (Å²) in [6.45, 7) is 4.48. The second-order valence-corrected chi connectivity index (χ2v) is 6.38. The van der Waals surface area contributed by atoms with Crippen molar-refractivity contribution in [2.45, 2.75) is 25.0 Å². The van der Waals surface area contributed by atoms with Gasteiger partial charge in [0.25, 0.3) is 0 Å². The Morgan fingerprint density at radius 3 is 2.74 bits per heavy atom. The largest absolute Gasteiger partial charge is 0.325 e. The molecule has 104 valence electrons. The minimum Gasteiger partial charge on any atom is -0.325 e. The fraction of sp³-hybridized carbons (Fsp3) is 0.533. The van der Waals surface area contributed by atoms with Crippen LogP contribution in [-0.4, -0.2) is 30.0 Å². The first kappa shape index (κ1) is 14.4. The molecule has 1 aromatic rings. The highest BCUT2D eigenvalue weighted by Crippen LogP contribution is 2.26. The number of para-hydroxylation sites is 1. The molecule has 0 bridgehead atoms. The smallest absolute Gasteiger partial charge is 0.234 e. The predicted octanol–water partition coefficient (Wildman–Crippen LogP) is 2.75. The van der Waals surface area contributed by atoms with Crippen molar-refractivity contribution in [2.75, 3.05) is 24.2 Å². The molecule has 0 radical (unpaired) electrons. The third kappa shape index (κ3) is 4.88. The van der Waals surface area contributed by atoms with Crippen molar-refractivity contribution in [1.29, 1.82) is 0 Å². The summed E-state index contributed by atoms with van der Waals surface area (Å²) in [6, 6.07) is 9.64. The van der Waals surface area contributed by atoms with E-state index in [4.69, 9.17) is 0 Å². The number of rotatable bonds is 5. The van der Waals surface area contributed by atoms with E-state index in [-0.39, 0.29) is 5.91 Å². The maximum absolute atomic E-state index is 11.9. The lowest BCUT2D eigenvalue weighted by Crippen LogP contribution is -2.32. The molecular formula is C15H22N2OS. The van der Waals surface area contributed by atoms with Gasteiger partial charge in [-0.2, -0.15) is 0 Å². The second kappa shape index (κ2) is 7.56. The molecule has 0 saturated carbocycles. The van der Waals surface area contributed by atoms with Gasteiger partial charge >= 0.3 is 0 Å². The van der Waals surface area contributed by atoms with Gasteiger partial charge in [-0.25, -0.2) is 0 Å². The van der Waals surface area contributed by atoms with Crippen LogP contribution in [0.25, 0.3) is 0 Å². The average Bonchev–Trinajstić information content (AvgIpc) is 2.47. The molecule has 1 atom stereocenters. The number of hydrogen-bond acceptors (Lipinski definition) is 3. The number of hydrogen-bond donors (Lipinski definition) is 2. The number of benzene rings is 1. The highest BCUT2D eigenvalue weighted by molar-refractivity contribution is 8.00. The van der Waals surface area contributed by atoms with Crippen LogP contribution in [0.1, 0.15) is 19.8 Å². The number of thioether (sulfide) groups is 1. The van der Waals surface area contributed by atoms with Gasteiger partial charge in [0, 0.05) is 10.9 Å². The lowest BCUT2D eigenvalue weighted by Gasteiger charge is -2.27. The summed E-state index contributed by atoms with van der Waals surface area (Å²) in [6.07, 6.45) is 2.46. The maximum Gasteiger partial charge on any atom is 0.234 e. The van der Waals surface area contributed by atoms with Gasteiger partial charge < -0.3 is 10.6 Å². The van der Waals surface area contributed by atoms with Gasteiger partial charge in [0.1, 0.15) is 0 Å². The second-order valence-electron chi connectivity index (χ2n) is 5.02. The Bertz CT molecular complexity index is 390. The molecule has 1 unspecified atom stereocenters. The molecule has 0 spiro atoms. The minimum atomic E-state index is 0.0944. The van der Waals surface area contributed by atoms with Crippen molar-refractivity contribution in [3.8, 4) is 0 Å². The molecular weight excluding hydrogens is 256 g/mol. The van der Waals surface area contributed by atoms with Crippen molar-refractivity contribution in [1.82, 2.24) is 5.32 Å². The van der Waals surface area contributed by atoms with Gasteiger partial charge in [-0.15, -0.1) is 11.8 Å². The highest BCUT2D eigenvalue weighted by Gasteiger charge is 2.20. The van der Waals surface area contributed by atoms with E-state index in [9.17, 15) is 4.79 Å². The summed E-state index contributed by atoms with van der Waals surface area (Å²) < 4.78 is 0. The van der Waals surface area contributed by atoms with Gasteiger partial charge in [-0.3, -0.25) is 4.79 Å². The Labute approximate surface area is 119 Å². The van der Waals surface area contributed by atoms with E-state index in [2.05, 4.69) is 17.6 Å². The molecule has 2 N–H and O–H groups in total. The van der Waals surface area contributed by atoms with Gasteiger partial charge in [0.15, 0.2) is 0 Å². The monoisotopic (exact) mass is 278 g/mol. The van der Waals surface area contributed by atoms with Crippen molar-refractivity contribution >= 4 is 23.4 Å². The Morgan fingerprint density at radius 1 is 1.37 bits per heavy atom. The topological polar surface area (TPSA) is 41.1 Å². The number of anilines is 1. The van der Waals surface area contributed by atoms with Crippen molar-refractivity contribution in [2.24, 2.45) is 5.92 Å². The fourth-order valence-corrected chi connectivity index (χ4v) is 3.41. The summed E-state index contributed by atoms with van der Waals surface area (Å²) >= 11 is 1.77. The van der Waals surface area contributed by atoms with Crippen LogP contribution >= 0.6 is 11.8 Å². The molecule has 4 heteroatoms. The molecule has 1 saturated heterocycles. The van der Waals surface area contributed by atoms with E-state index < -0.39 is 0 Å². The van der Waals surface area contributed by atoms with Crippen LogP contribution in [0, 0.1) is 5.92 Å². The van der Waals surface area contributed by atoms with Crippen LogP contribution in [0.3, 0.4) is 0 Å². The summed E-state index contributed by atoms with van der Waals surface area (Å²) in [5.74, 6) is 1.38. The molecule has 0 aliphatic carbocycles. The Morgan fingerprint density at radius 2 is 2.05 bits per heavy atom. The summed E-state index contributed by atoms with van der Waals surface area (Å²) in [4.78, 5) is 11.9. The number of piperidine rings is 1. The van der Waals surface area contributed by atoms with E-state index in [0.29, 0.717) is 11.0 Å². The van der Waals surface area contributed by atoms with Crippen LogP contribution in [0.15, 0.2) is 30.3 Å². The van der Waals surface area contributed by atoms with Gasteiger partial charge in [0.05, 0.1) is 5.75 Å². The van der Waals surface area contributed by atoms with Crippen LogP contribution < -0.4 is 10.6 Å². The molecule has 3 nitrogen and oxygen atoms in total. The van der Waals surface area contributed by atoms with Crippen molar-refractivity contribution in [3.05, 3.63) is 30.3 Å². The molecule has 1 aromatic carbocycles. The number of amides is 1. The third-order valence-electron chi connectivity index (χ3n) is 3.58. The molecule has 0 aromatic heterocycles. The zero-order valence-electron chi connectivity index (χ0n) is 11.4. The minimum absolute atomic E-state index is 0.0944. The fourth-order valence-electron chi connectivity index (χ4n) is 2.38. The molecule has 1 heterocycles. The van der Waals surface area contributed by atoms with E-state index >= 15 is 0 Å². The number of carbonyl (C=O) groups is 1. The number of carbonyl (C=O) groups excluding carboxylic acids is 1. The van der Waals surface area contributed by atoms with E-state index in [1.165, 1.54) is 12.8 Å². The Kier molecular flexibility index (Phi) is 5.73. The zero-order valence-corrected chi connectivity index (χ0v) is 12.2. The zero-order chi connectivity index (χ0) is 13.5. The average molecular weight is 278 g/mol. The molecule has 2 rings (SSSR count). The lowest BCUT2D eigenvalue weighted by atomic mass is 9.95. The molecule has 19 heavy (non-hydrogen) atoms. The molecule has 1 aliphatic heterocycles. The predicted molar refractivity (Wildman–Crippen MR) is 82.6 cm³/mol. The third-order valence-corrected chi connectivity index (χ3v) is 4.92. The summed E-state index contributed by atoms with van der Waals surface area (Å²) in [5.41, 5.74) is 0.877. The first-order valence-electron chi connectivity index (χ1n) is 6.93. The molecule has 1 amide bonds. The summed E-state index contributed by atoms with van der Waals surface area (Å²) in [5, 5.41) is 6.87. The SMILES string of the molecule is CC(SCC(=O)Nc1ccccc1)C1CCNCC1. The van der Waals surface area contributed by atoms with Crippen LogP contribution in [0.4, 0.5) is 5.69 Å². The van der Waals surface area contributed by atoms with Crippen molar-refractivity contribution < 1.29 is 4.79 Å². The normalized spacial score (nSPS) is 17.9. The van der Waals surface area contributed by atoms with Crippen LogP contribution in [-0.2, 0) is 4.79 Å².